The van der Waals surface area contributed by atoms with Crippen molar-refractivity contribution < 1.29 is 23.2 Å². The number of carbonyl (C=O) groups is 1. The van der Waals surface area contributed by atoms with Crippen LogP contribution in [0.3, 0.4) is 0 Å². The average molecular weight is 404 g/mol. The van der Waals surface area contributed by atoms with Crippen LogP contribution >= 0.6 is 11.3 Å². The molecule has 2 aromatic rings. The highest BCUT2D eigenvalue weighted by atomic mass is 32.1. The lowest BCUT2D eigenvalue weighted by Crippen LogP contribution is -2.49. The molecule has 0 saturated carbocycles. The first-order chi connectivity index (χ1) is 13.0. The van der Waals surface area contributed by atoms with Gasteiger partial charge in [-0.05, 0) is 52.6 Å². The van der Waals surface area contributed by atoms with Crippen LogP contribution in [-0.2, 0) is 14.0 Å². The molecule has 1 aromatic heterocycles. The maximum absolute atomic E-state index is 14.5. The van der Waals surface area contributed by atoms with Gasteiger partial charge in [0.25, 0.3) is 0 Å². The normalized spacial score (nSPS) is 16.7. The standard InChI is InChI=1S/C19H22BFN2O4S/c1-18(2,3)26-17(24)23-16-11(10-22)14-12(6-7-13(21)15(14)28-16)20-25-9-8-19(4,5)27-20/h6-7H,8-9H2,1-5H3,(H,23,24). The monoisotopic (exact) mass is 404 g/mol. The number of ether oxygens (including phenoxy) is 1. The third-order valence-electron chi connectivity index (χ3n) is 4.20. The Morgan fingerprint density at radius 1 is 1.43 bits per heavy atom. The molecule has 6 nitrogen and oxygen atoms in total. The lowest BCUT2D eigenvalue weighted by atomic mass is 9.73. The number of anilines is 1. The van der Waals surface area contributed by atoms with Gasteiger partial charge < -0.3 is 14.0 Å². The molecule has 3 rings (SSSR count). The molecule has 0 bridgehead atoms. The summed E-state index contributed by atoms with van der Waals surface area (Å²) in [5.41, 5.74) is -0.367. The number of fused-ring (bicyclic) bond motifs is 1. The lowest BCUT2D eigenvalue weighted by molar-refractivity contribution is 0.0109. The zero-order chi connectivity index (χ0) is 20.7. The van der Waals surface area contributed by atoms with E-state index in [1.807, 2.05) is 13.8 Å². The van der Waals surface area contributed by atoms with Crippen LogP contribution in [0.2, 0.25) is 0 Å². The number of hydrogen-bond donors (Lipinski definition) is 1. The van der Waals surface area contributed by atoms with E-state index in [4.69, 9.17) is 14.0 Å². The molecule has 0 aliphatic carbocycles. The van der Waals surface area contributed by atoms with Crippen molar-refractivity contribution in [3.63, 3.8) is 0 Å². The second-order valence-electron chi connectivity index (χ2n) is 8.22. The summed E-state index contributed by atoms with van der Waals surface area (Å²) in [6, 6.07) is 4.96. The van der Waals surface area contributed by atoms with Crippen LogP contribution in [0.25, 0.3) is 10.1 Å². The van der Waals surface area contributed by atoms with Crippen LogP contribution < -0.4 is 10.8 Å². The summed E-state index contributed by atoms with van der Waals surface area (Å²) in [6.45, 7) is 9.61. The van der Waals surface area contributed by atoms with E-state index in [0.717, 1.165) is 17.8 Å². The number of thiophene rings is 1. The third-order valence-corrected chi connectivity index (χ3v) is 5.32. The maximum Gasteiger partial charge on any atom is 0.494 e. The van der Waals surface area contributed by atoms with E-state index in [0.29, 0.717) is 17.5 Å². The Balaban J connectivity index is 2.06. The second kappa shape index (κ2) is 7.35. The van der Waals surface area contributed by atoms with Crippen molar-refractivity contribution in [3.8, 4) is 6.07 Å². The van der Waals surface area contributed by atoms with Crippen LogP contribution in [-0.4, -0.2) is 31.0 Å². The maximum atomic E-state index is 14.5. The highest BCUT2D eigenvalue weighted by Crippen LogP contribution is 2.37. The lowest BCUT2D eigenvalue weighted by Gasteiger charge is -2.34. The molecular formula is C19H22BFN2O4S. The van der Waals surface area contributed by atoms with Crippen molar-refractivity contribution in [3.05, 3.63) is 23.5 Å². The molecule has 1 aromatic carbocycles. The summed E-state index contributed by atoms with van der Waals surface area (Å²) >= 11 is 0.987. The van der Waals surface area contributed by atoms with Gasteiger partial charge >= 0.3 is 13.2 Å². The van der Waals surface area contributed by atoms with Gasteiger partial charge in [0.15, 0.2) is 0 Å². The fraction of sp³-hybridized carbons (Fsp3) is 0.474. The number of nitriles is 1. The topological polar surface area (TPSA) is 80.6 Å². The number of nitrogens with zero attached hydrogens (tertiary/aromatic N) is 1. The first kappa shape index (κ1) is 20.6. The van der Waals surface area contributed by atoms with Gasteiger partial charge in [-0.1, -0.05) is 6.07 Å². The summed E-state index contributed by atoms with van der Waals surface area (Å²) < 4.78 is 31.7. The SMILES string of the molecule is CC(C)(C)OC(=O)Nc1sc2c(F)ccc(B3OCCC(C)(C)O3)c2c1C#N. The number of benzene rings is 1. The van der Waals surface area contributed by atoms with Gasteiger partial charge in [-0.2, -0.15) is 5.26 Å². The van der Waals surface area contributed by atoms with E-state index in [2.05, 4.69) is 11.4 Å². The van der Waals surface area contributed by atoms with E-state index < -0.39 is 30.2 Å². The number of hydrogen-bond acceptors (Lipinski definition) is 6. The zero-order valence-corrected chi connectivity index (χ0v) is 17.3. The molecule has 9 heteroatoms. The van der Waals surface area contributed by atoms with Crippen LogP contribution in [0.15, 0.2) is 12.1 Å². The molecule has 1 saturated heterocycles. The highest BCUT2D eigenvalue weighted by Gasteiger charge is 2.37. The van der Waals surface area contributed by atoms with Crippen molar-refractivity contribution in [1.82, 2.24) is 0 Å². The van der Waals surface area contributed by atoms with Crippen LogP contribution in [0.4, 0.5) is 14.2 Å². The van der Waals surface area contributed by atoms with Gasteiger partial charge in [-0.25, -0.2) is 9.18 Å². The number of amides is 1. The largest absolute Gasteiger partial charge is 0.494 e. The number of carbonyl (C=O) groups excluding carboxylic acids is 1. The summed E-state index contributed by atoms with van der Waals surface area (Å²) in [6.07, 6.45) is 0.0254. The second-order valence-corrected chi connectivity index (χ2v) is 9.24. The van der Waals surface area contributed by atoms with Gasteiger partial charge in [0, 0.05) is 12.0 Å². The quantitative estimate of drug-likeness (QED) is 0.760. The van der Waals surface area contributed by atoms with Crippen molar-refractivity contribution in [2.45, 2.75) is 52.2 Å². The molecule has 148 valence electrons. The van der Waals surface area contributed by atoms with Crippen molar-refractivity contribution >= 4 is 45.1 Å². The van der Waals surface area contributed by atoms with E-state index in [1.54, 1.807) is 26.8 Å². The molecule has 1 aliphatic heterocycles. The van der Waals surface area contributed by atoms with E-state index in [1.165, 1.54) is 6.07 Å². The molecule has 28 heavy (non-hydrogen) atoms. The zero-order valence-electron chi connectivity index (χ0n) is 16.5. The highest BCUT2D eigenvalue weighted by molar-refractivity contribution is 7.23. The van der Waals surface area contributed by atoms with E-state index in [-0.39, 0.29) is 15.3 Å². The van der Waals surface area contributed by atoms with Crippen molar-refractivity contribution in [2.24, 2.45) is 0 Å². The Labute approximate surface area is 167 Å². The third kappa shape index (κ3) is 4.30. The van der Waals surface area contributed by atoms with Crippen LogP contribution in [0.1, 0.15) is 46.6 Å². The number of rotatable bonds is 2. The van der Waals surface area contributed by atoms with E-state index in [9.17, 15) is 14.4 Å². The van der Waals surface area contributed by atoms with Crippen molar-refractivity contribution in [1.29, 1.82) is 5.26 Å². The average Bonchev–Trinajstić information content (AvgIpc) is 2.91. The molecule has 1 aliphatic rings. The summed E-state index contributed by atoms with van der Waals surface area (Å²) in [5, 5.41) is 12.9. The minimum atomic E-state index is -0.720. The molecule has 0 spiro atoms. The van der Waals surface area contributed by atoms with Crippen LogP contribution in [0.5, 0.6) is 0 Å². The van der Waals surface area contributed by atoms with Crippen LogP contribution in [0, 0.1) is 17.1 Å². The van der Waals surface area contributed by atoms with Gasteiger partial charge in [0.1, 0.15) is 22.5 Å². The predicted octanol–water partition coefficient (Wildman–Crippen LogP) is 4.17. The number of nitrogens with one attached hydrogen (secondary N) is 1. The Hall–Kier alpha value is -2.15. The fourth-order valence-corrected chi connectivity index (χ4v) is 4.01. The first-order valence-corrected chi connectivity index (χ1v) is 9.77. The smallest absolute Gasteiger partial charge is 0.444 e. The molecule has 0 unspecified atom stereocenters. The molecular weight excluding hydrogens is 382 g/mol. The number of halogens is 1. The van der Waals surface area contributed by atoms with Gasteiger partial charge in [-0.3, -0.25) is 5.32 Å². The Bertz CT molecular complexity index is 961. The van der Waals surface area contributed by atoms with Crippen molar-refractivity contribution in [2.75, 3.05) is 11.9 Å². The Kier molecular flexibility index (Phi) is 5.41. The van der Waals surface area contributed by atoms with Gasteiger partial charge in [0.05, 0.1) is 15.9 Å². The summed E-state index contributed by atoms with van der Waals surface area (Å²) in [5.74, 6) is -0.479. The minimum absolute atomic E-state index is 0.163. The Morgan fingerprint density at radius 3 is 2.75 bits per heavy atom. The molecule has 0 atom stereocenters. The summed E-state index contributed by atoms with van der Waals surface area (Å²) in [7, 11) is -0.720. The molecule has 1 fully saturated rings. The van der Waals surface area contributed by atoms with Gasteiger partial charge in [-0.15, -0.1) is 11.3 Å². The molecule has 2 heterocycles. The van der Waals surface area contributed by atoms with E-state index >= 15 is 0 Å². The minimum Gasteiger partial charge on any atom is -0.444 e. The first-order valence-electron chi connectivity index (χ1n) is 8.95. The fourth-order valence-electron chi connectivity index (χ4n) is 2.93. The predicted molar refractivity (Wildman–Crippen MR) is 107 cm³/mol. The summed E-state index contributed by atoms with van der Waals surface area (Å²) in [4.78, 5) is 12.2. The molecule has 1 amide bonds. The molecule has 0 radical (unpaired) electrons. The Morgan fingerprint density at radius 2 is 2.14 bits per heavy atom. The molecule has 1 N–H and O–H groups in total. The van der Waals surface area contributed by atoms with Gasteiger partial charge in [0.2, 0.25) is 0 Å².